The number of hydrogen-bond donors (Lipinski definition) is 0. The molecule has 2 aliphatic rings. The number of amides is 1. The maximum absolute atomic E-state index is 13.8. The number of fused-ring (bicyclic) bond motifs is 1. The van der Waals surface area contributed by atoms with E-state index in [4.69, 9.17) is 0 Å². The van der Waals surface area contributed by atoms with Crippen LogP contribution in [-0.2, 0) is 16.8 Å². The predicted octanol–water partition coefficient (Wildman–Crippen LogP) is 5.64. The number of halogens is 1. The van der Waals surface area contributed by atoms with Crippen LogP contribution in [0.4, 0.5) is 0 Å². The summed E-state index contributed by atoms with van der Waals surface area (Å²) in [7, 11) is 1.95. The molecule has 1 atom stereocenters. The van der Waals surface area contributed by atoms with Gasteiger partial charge >= 0.3 is 0 Å². The zero-order valence-electron chi connectivity index (χ0n) is 19.3. The summed E-state index contributed by atoms with van der Waals surface area (Å²) in [6.07, 6.45) is 3.19. The van der Waals surface area contributed by atoms with Gasteiger partial charge in [0.1, 0.15) is 5.41 Å². The van der Waals surface area contributed by atoms with Gasteiger partial charge in [0.25, 0.3) is 0 Å². The summed E-state index contributed by atoms with van der Waals surface area (Å²) in [6.45, 7) is 3.81. The largest absolute Gasteiger partial charge is 0.340 e. The molecule has 0 aromatic heterocycles. The van der Waals surface area contributed by atoms with Gasteiger partial charge in [0, 0.05) is 13.6 Å². The van der Waals surface area contributed by atoms with Gasteiger partial charge in [-0.2, -0.15) is 0 Å². The third kappa shape index (κ3) is 4.45. The maximum atomic E-state index is 13.8. The SMILES string of the molecule is CN1Cc2ccccc2C(CCN2CCC(c3ccccc3)CC2)(c2ccccc2)C1=O.Cl. The van der Waals surface area contributed by atoms with Crippen molar-refractivity contribution < 1.29 is 4.79 Å². The minimum atomic E-state index is -0.610. The first kappa shape index (κ1) is 23.5. The van der Waals surface area contributed by atoms with Crippen LogP contribution in [-0.4, -0.2) is 42.4 Å². The second kappa shape index (κ2) is 10.1. The lowest BCUT2D eigenvalue weighted by Crippen LogP contribution is -2.51. The number of likely N-dealkylation sites (tertiary alicyclic amines) is 1. The fourth-order valence-corrected chi connectivity index (χ4v) is 5.77. The highest BCUT2D eigenvalue weighted by Gasteiger charge is 2.47. The van der Waals surface area contributed by atoms with Crippen LogP contribution in [0.3, 0.4) is 0 Å². The van der Waals surface area contributed by atoms with Crippen molar-refractivity contribution in [1.82, 2.24) is 9.80 Å². The van der Waals surface area contributed by atoms with E-state index in [1.54, 1.807) is 0 Å². The number of hydrogen-bond acceptors (Lipinski definition) is 2. The normalized spacial score (nSPS) is 21.4. The number of piperidine rings is 1. The number of benzene rings is 3. The van der Waals surface area contributed by atoms with Crippen molar-refractivity contribution in [3.05, 3.63) is 107 Å². The summed E-state index contributed by atoms with van der Waals surface area (Å²) < 4.78 is 0. The summed E-state index contributed by atoms with van der Waals surface area (Å²) >= 11 is 0. The molecule has 1 saturated heterocycles. The van der Waals surface area contributed by atoms with Crippen LogP contribution in [0.1, 0.15) is 47.4 Å². The van der Waals surface area contributed by atoms with Gasteiger partial charge in [-0.05, 0) is 67.1 Å². The first-order chi connectivity index (χ1) is 15.7. The minimum Gasteiger partial charge on any atom is -0.340 e. The topological polar surface area (TPSA) is 23.6 Å². The van der Waals surface area contributed by atoms with Gasteiger partial charge < -0.3 is 9.80 Å². The zero-order chi connectivity index (χ0) is 22.0. The van der Waals surface area contributed by atoms with Gasteiger partial charge in [0.2, 0.25) is 5.91 Å². The third-order valence-electron chi connectivity index (χ3n) is 7.52. The molecule has 0 radical (unpaired) electrons. The number of carbonyl (C=O) groups excluding carboxylic acids is 1. The van der Waals surface area contributed by atoms with Crippen LogP contribution >= 0.6 is 12.4 Å². The van der Waals surface area contributed by atoms with E-state index < -0.39 is 5.41 Å². The molecule has 4 heteroatoms. The Labute approximate surface area is 203 Å². The lowest BCUT2D eigenvalue weighted by Gasteiger charge is -2.44. The van der Waals surface area contributed by atoms with Crippen molar-refractivity contribution in [1.29, 1.82) is 0 Å². The van der Waals surface area contributed by atoms with Crippen molar-refractivity contribution in [2.24, 2.45) is 0 Å². The van der Waals surface area contributed by atoms with Crippen molar-refractivity contribution in [3.8, 4) is 0 Å². The highest BCUT2D eigenvalue weighted by atomic mass is 35.5. The van der Waals surface area contributed by atoms with E-state index >= 15 is 0 Å². The molecule has 0 N–H and O–H groups in total. The van der Waals surface area contributed by atoms with E-state index in [-0.39, 0.29) is 18.3 Å². The lowest BCUT2D eigenvalue weighted by molar-refractivity contribution is -0.136. The predicted molar refractivity (Wildman–Crippen MR) is 137 cm³/mol. The van der Waals surface area contributed by atoms with Crippen LogP contribution < -0.4 is 0 Å². The number of likely N-dealkylation sites (N-methyl/N-ethyl adjacent to an activating group) is 1. The van der Waals surface area contributed by atoms with Crippen molar-refractivity contribution in [2.45, 2.75) is 37.1 Å². The molecule has 1 fully saturated rings. The summed E-state index contributed by atoms with van der Waals surface area (Å²) in [4.78, 5) is 18.3. The van der Waals surface area contributed by atoms with Gasteiger partial charge in [-0.15, -0.1) is 12.4 Å². The molecule has 1 amide bonds. The van der Waals surface area contributed by atoms with E-state index in [1.165, 1.54) is 29.5 Å². The molecule has 0 bridgehead atoms. The molecule has 0 spiro atoms. The second-order valence-corrected chi connectivity index (χ2v) is 9.37. The van der Waals surface area contributed by atoms with Gasteiger partial charge in [-0.25, -0.2) is 0 Å². The Bertz CT molecular complexity index is 1060. The van der Waals surface area contributed by atoms with Crippen LogP contribution in [0.2, 0.25) is 0 Å². The maximum Gasteiger partial charge on any atom is 0.237 e. The first-order valence-electron chi connectivity index (χ1n) is 11.9. The molecular formula is C29H33ClN2O. The molecule has 3 nitrogen and oxygen atoms in total. The molecule has 1 unspecified atom stereocenters. The molecule has 172 valence electrons. The van der Waals surface area contributed by atoms with Crippen molar-refractivity contribution >= 4 is 18.3 Å². The quantitative estimate of drug-likeness (QED) is 0.492. The van der Waals surface area contributed by atoms with E-state index in [0.717, 1.165) is 31.6 Å². The van der Waals surface area contributed by atoms with Crippen LogP contribution in [0, 0.1) is 0 Å². The molecule has 3 aromatic carbocycles. The lowest BCUT2D eigenvalue weighted by atomic mass is 9.67. The average Bonchev–Trinajstić information content (AvgIpc) is 2.86. The Morgan fingerprint density at radius 3 is 2.15 bits per heavy atom. The summed E-state index contributed by atoms with van der Waals surface area (Å²) in [5, 5.41) is 0. The Balaban J connectivity index is 0.00000259. The molecule has 0 aliphatic carbocycles. The third-order valence-corrected chi connectivity index (χ3v) is 7.52. The molecule has 0 saturated carbocycles. The van der Waals surface area contributed by atoms with Crippen LogP contribution in [0.15, 0.2) is 84.9 Å². The van der Waals surface area contributed by atoms with E-state index in [2.05, 4.69) is 83.8 Å². The molecular weight excluding hydrogens is 428 g/mol. The smallest absolute Gasteiger partial charge is 0.237 e. The highest BCUT2D eigenvalue weighted by molar-refractivity contribution is 5.94. The fourth-order valence-electron chi connectivity index (χ4n) is 5.77. The van der Waals surface area contributed by atoms with Crippen molar-refractivity contribution in [2.75, 3.05) is 26.7 Å². The average molecular weight is 461 g/mol. The Morgan fingerprint density at radius 2 is 1.45 bits per heavy atom. The van der Waals surface area contributed by atoms with Crippen LogP contribution in [0.25, 0.3) is 0 Å². The summed E-state index contributed by atoms with van der Waals surface area (Å²) in [5.41, 5.74) is 4.42. The van der Waals surface area contributed by atoms with E-state index in [1.807, 2.05) is 18.0 Å². The molecule has 5 rings (SSSR count). The number of nitrogens with zero attached hydrogens (tertiary/aromatic N) is 2. The molecule has 3 aromatic rings. The van der Waals surface area contributed by atoms with Crippen LogP contribution in [0.5, 0.6) is 0 Å². The van der Waals surface area contributed by atoms with Gasteiger partial charge in [0.05, 0.1) is 0 Å². The number of rotatable bonds is 5. The molecule has 2 heterocycles. The summed E-state index contributed by atoms with van der Waals surface area (Å²) in [6, 6.07) is 29.9. The van der Waals surface area contributed by atoms with E-state index in [0.29, 0.717) is 12.5 Å². The molecule has 2 aliphatic heterocycles. The fraction of sp³-hybridized carbons (Fsp3) is 0.345. The standard InChI is InChI=1S/C29H32N2O.ClH/c1-30-22-25-12-8-9-15-27(25)29(28(30)32,26-13-6-3-7-14-26)18-21-31-19-16-24(17-20-31)23-10-4-2-5-11-23;/h2-15,24H,16-22H2,1H3;1H. The van der Waals surface area contributed by atoms with Gasteiger partial charge in [-0.3, -0.25) is 4.79 Å². The van der Waals surface area contributed by atoms with Gasteiger partial charge in [-0.1, -0.05) is 84.9 Å². The highest BCUT2D eigenvalue weighted by Crippen LogP contribution is 2.43. The summed E-state index contributed by atoms with van der Waals surface area (Å²) in [5.74, 6) is 0.875. The number of carbonyl (C=O) groups is 1. The minimum absolute atomic E-state index is 0. The second-order valence-electron chi connectivity index (χ2n) is 9.37. The monoisotopic (exact) mass is 460 g/mol. The Kier molecular flexibility index (Phi) is 7.21. The van der Waals surface area contributed by atoms with Gasteiger partial charge in [0.15, 0.2) is 0 Å². The Morgan fingerprint density at radius 1 is 0.848 bits per heavy atom. The first-order valence-corrected chi connectivity index (χ1v) is 11.9. The van der Waals surface area contributed by atoms with Crippen molar-refractivity contribution in [3.63, 3.8) is 0 Å². The zero-order valence-corrected chi connectivity index (χ0v) is 20.1. The molecule has 33 heavy (non-hydrogen) atoms. The van der Waals surface area contributed by atoms with E-state index in [9.17, 15) is 4.79 Å². The Hall–Kier alpha value is -2.62.